The van der Waals surface area contributed by atoms with Crippen LogP contribution in [0.3, 0.4) is 0 Å². The molecular formula is C20H23NO2. The van der Waals surface area contributed by atoms with Crippen LogP contribution in [0.15, 0.2) is 66.7 Å². The number of carbonyl (C=O) groups is 1. The second kappa shape index (κ2) is 8.30. The van der Waals surface area contributed by atoms with Gasteiger partial charge in [-0.25, -0.2) is 0 Å². The second-order valence-corrected chi connectivity index (χ2v) is 5.62. The molecule has 0 bridgehead atoms. The van der Waals surface area contributed by atoms with Crippen LogP contribution in [0.2, 0.25) is 0 Å². The van der Waals surface area contributed by atoms with E-state index in [0.29, 0.717) is 6.42 Å². The smallest absolute Gasteiger partial charge is 0.226 e. The topological polar surface area (TPSA) is 40.5 Å². The molecule has 2 atom stereocenters. The summed E-state index contributed by atoms with van der Waals surface area (Å²) in [6, 6.07) is 19.0. The number of hydrogen-bond donors (Lipinski definition) is 1. The number of rotatable bonds is 6. The minimum absolute atomic E-state index is 0.0142. The van der Waals surface area contributed by atoms with Crippen LogP contribution >= 0.6 is 0 Å². The highest BCUT2D eigenvalue weighted by Gasteiger charge is 2.23. The number of hydrogen-bond acceptors (Lipinski definition) is 2. The Morgan fingerprint density at radius 3 is 2.26 bits per heavy atom. The van der Waals surface area contributed by atoms with Gasteiger partial charge in [0.25, 0.3) is 0 Å². The van der Waals surface area contributed by atoms with E-state index in [0.717, 1.165) is 11.1 Å². The number of aliphatic hydroxyl groups excluding tert-OH is 1. The molecule has 1 N–H and O–H groups in total. The highest BCUT2D eigenvalue weighted by Crippen LogP contribution is 2.20. The molecule has 0 aliphatic carbocycles. The van der Waals surface area contributed by atoms with Gasteiger partial charge in [0, 0.05) is 13.5 Å². The van der Waals surface area contributed by atoms with Crippen molar-refractivity contribution in [1.29, 1.82) is 0 Å². The molecule has 2 aromatic carbocycles. The number of carbonyl (C=O) groups excluding carboxylic acids is 1. The Morgan fingerprint density at radius 2 is 1.65 bits per heavy atom. The zero-order valence-electron chi connectivity index (χ0n) is 13.6. The van der Waals surface area contributed by atoms with Gasteiger partial charge in [-0.3, -0.25) is 4.79 Å². The Hall–Kier alpha value is -2.39. The molecule has 0 heterocycles. The molecule has 0 aliphatic heterocycles. The highest BCUT2D eigenvalue weighted by atomic mass is 16.3. The van der Waals surface area contributed by atoms with Crippen LogP contribution in [0.5, 0.6) is 0 Å². The Labute approximate surface area is 137 Å². The predicted molar refractivity (Wildman–Crippen MR) is 93.7 cm³/mol. The first-order chi connectivity index (χ1) is 11.1. The van der Waals surface area contributed by atoms with Gasteiger partial charge in [-0.2, -0.15) is 0 Å². The maximum atomic E-state index is 12.3. The summed E-state index contributed by atoms with van der Waals surface area (Å²) in [5.41, 5.74) is 1.89. The van der Waals surface area contributed by atoms with Crippen molar-refractivity contribution in [2.45, 2.75) is 25.5 Å². The van der Waals surface area contributed by atoms with E-state index in [2.05, 4.69) is 0 Å². The lowest BCUT2D eigenvalue weighted by Crippen LogP contribution is -2.38. The maximum absolute atomic E-state index is 12.3. The van der Waals surface area contributed by atoms with Gasteiger partial charge in [-0.15, -0.1) is 0 Å². The van der Waals surface area contributed by atoms with E-state index in [-0.39, 0.29) is 11.9 Å². The van der Waals surface area contributed by atoms with Crippen molar-refractivity contribution in [2.24, 2.45) is 0 Å². The average Bonchev–Trinajstić information content (AvgIpc) is 2.61. The quantitative estimate of drug-likeness (QED) is 0.884. The van der Waals surface area contributed by atoms with Crippen LogP contribution in [0.4, 0.5) is 0 Å². The summed E-state index contributed by atoms with van der Waals surface area (Å²) in [5.74, 6) is -0.0142. The first kappa shape index (κ1) is 17.0. The highest BCUT2D eigenvalue weighted by molar-refractivity contribution is 5.78. The van der Waals surface area contributed by atoms with E-state index in [1.807, 2.05) is 79.7 Å². The molecule has 23 heavy (non-hydrogen) atoms. The molecule has 0 saturated carbocycles. The third kappa shape index (κ3) is 4.80. The fourth-order valence-corrected chi connectivity index (χ4v) is 2.37. The molecule has 0 radical (unpaired) electrons. The van der Waals surface area contributed by atoms with Crippen molar-refractivity contribution in [1.82, 2.24) is 4.90 Å². The lowest BCUT2D eigenvalue weighted by molar-refractivity contribution is -0.133. The first-order valence-electron chi connectivity index (χ1n) is 7.80. The standard InChI is InChI=1S/C20H23NO2/c1-16(20(23)18-13-7-4-8-14-18)21(2)19(22)15-9-12-17-10-5-3-6-11-17/h3-14,16,20,23H,15H2,1-2H3/b12-9+/t16-,20-/m0/s1. The van der Waals surface area contributed by atoms with Crippen LogP contribution in [-0.4, -0.2) is 29.0 Å². The third-order valence-electron chi connectivity index (χ3n) is 4.00. The second-order valence-electron chi connectivity index (χ2n) is 5.62. The zero-order chi connectivity index (χ0) is 16.7. The van der Waals surface area contributed by atoms with Crippen molar-refractivity contribution in [3.8, 4) is 0 Å². The summed E-state index contributed by atoms with van der Waals surface area (Å²) in [7, 11) is 1.73. The van der Waals surface area contributed by atoms with E-state index in [4.69, 9.17) is 0 Å². The molecule has 0 aliphatic rings. The van der Waals surface area contributed by atoms with Crippen LogP contribution < -0.4 is 0 Å². The van der Waals surface area contributed by atoms with Crippen molar-refractivity contribution >= 4 is 12.0 Å². The van der Waals surface area contributed by atoms with Gasteiger partial charge in [0.2, 0.25) is 5.91 Å². The third-order valence-corrected chi connectivity index (χ3v) is 4.00. The van der Waals surface area contributed by atoms with E-state index >= 15 is 0 Å². The van der Waals surface area contributed by atoms with Gasteiger partial charge in [0.1, 0.15) is 0 Å². The van der Waals surface area contributed by atoms with Gasteiger partial charge in [-0.1, -0.05) is 72.8 Å². The van der Waals surface area contributed by atoms with Crippen LogP contribution in [0, 0.1) is 0 Å². The summed E-state index contributed by atoms with van der Waals surface area (Å²) >= 11 is 0. The lowest BCUT2D eigenvalue weighted by Gasteiger charge is -2.29. The fourth-order valence-electron chi connectivity index (χ4n) is 2.37. The molecule has 0 spiro atoms. The van der Waals surface area contributed by atoms with Gasteiger partial charge in [-0.05, 0) is 18.1 Å². The van der Waals surface area contributed by atoms with Crippen LogP contribution in [-0.2, 0) is 4.79 Å². The number of nitrogens with zero attached hydrogens (tertiary/aromatic N) is 1. The predicted octanol–water partition coefficient (Wildman–Crippen LogP) is 3.67. The molecular weight excluding hydrogens is 286 g/mol. The number of likely N-dealkylation sites (N-methyl/N-ethyl adjacent to an activating group) is 1. The van der Waals surface area contributed by atoms with Crippen molar-refractivity contribution in [3.63, 3.8) is 0 Å². The maximum Gasteiger partial charge on any atom is 0.226 e. The Bertz CT molecular complexity index is 637. The van der Waals surface area contributed by atoms with Crippen LogP contribution in [0.1, 0.15) is 30.6 Å². The summed E-state index contributed by atoms with van der Waals surface area (Å²) < 4.78 is 0. The van der Waals surface area contributed by atoms with Crippen LogP contribution in [0.25, 0.3) is 6.08 Å². The molecule has 3 nitrogen and oxygen atoms in total. The normalized spacial score (nSPS) is 13.7. The molecule has 0 unspecified atom stereocenters. The monoisotopic (exact) mass is 309 g/mol. The SMILES string of the molecule is C[C@@H]([C@H](O)c1ccccc1)N(C)C(=O)C/C=C/c1ccccc1. The summed E-state index contributed by atoms with van der Waals surface area (Å²) in [6.45, 7) is 1.86. The summed E-state index contributed by atoms with van der Waals surface area (Å²) in [6.07, 6.45) is 3.42. The van der Waals surface area contributed by atoms with E-state index < -0.39 is 6.10 Å². The van der Waals surface area contributed by atoms with Crippen molar-refractivity contribution in [2.75, 3.05) is 7.05 Å². The zero-order valence-corrected chi connectivity index (χ0v) is 13.6. The van der Waals surface area contributed by atoms with Gasteiger partial charge >= 0.3 is 0 Å². The molecule has 0 fully saturated rings. The minimum atomic E-state index is -0.691. The average molecular weight is 309 g/mol. The summed E-state index contributed by atoms with van der Waals surface area (Å²) in [5, 5.41) is 10.4. The molecule has 0 saturated heterocycles. The largest absolute Gasteiger partial charge is 0.386 e. The molecule has 0 aromatic heterocycles. The van der Waals surface area contributed by atoms with Crippen molar-refractivity contribution < 1.29 is 9.90 Å². The fraction of sp³-hybridized carbons (Fsp3) is 0.250. The Morgan fingerprint density at radius 1 is 1.09 bits per heavy atom. The Balaban J connectivity index is 1.92. The van der Waals surface area contributed by atoms with E-state index in [9.17, 15) is 9.90 Å². The number of benzene rings is 2. The number of aliphatic hydroxyl groups is 1. The van der Waals surface area contributed by atoms with Gasteiger partial charge < -0.3 is 10.0 Å². The number of amides is 1. The molecule has 3 heteroatoms. The van der Waals surface area contributed by atoms with Gasteiger partial charge in [0.15, 0.2) is 0 Å². The first-order valence-corrected chi connectivity index (χ1v) is 7.80. The molecule has 120 valence electrons. The molecule has 2 aromatic rings. The Kier molecular flexibility index (Phi) is 6.12. The van der Waals surface area contributed by atoms with E-state index in [1.165, 1.54) is 0 Å². The van der Waals surface area contributed by atoms with Gasteiger partial charge in [0.05, 0.1) is 12.1 Å². The minimum Gasteiger partial charge on any atom is -0.386 e. The molecule has 2 rings (SSSR count). The lowest BCUT2D eigenvalue weighted by atomic mass is 10.0. The van der Waals surface area contributed by atoms with E-state index in [1.54, 1.807) is 11.9 Å². The summed E-state index contributed by atoms with van der Waals surface area (Å²) in [4.78, 5) is 13.9. The molecule has 1 amide bonds. The van der Waals surface area contributed by atoms with Crippen molar-refractivity contribution in [3.05, 3.63) is 77.9 Å².